The topological polar surface area (TPSA) is 73.5 Å². The third-order valence-corrected chi connectivity index (χ3v) is 3.31. The molecule has 8 heteroatoms. The monoisotopic (exact) mass is 312 g/mol. The molecule has 1 aromatic rings. The van der Waals surface area contributed by atoms with Crippen molar-refractivity contribution in [2.24, 2.45) is 0 Å². The van der Waals surface area contributed by atoms with E-state index in [4.69, 9.17) is 0 Å². The molecular weight excluding hydrogens is 294 g/mol. The van der Waals surface area contributed by atoms with Gasteiger partial charge in [0.25, 0.3) is 0 Å². The Kier molecular flexibility index (Phi) is 5.79. The number of halogens is 2. The van der Waals surface area contributed by atoms with Crippen LogP contribution < -0.4 is 16.0 Å². The molecule has 0 aromatic heterocycles. The molecule has 1 fully saturated rings. The van der Waals surface area contributed by atoms with Crippen molar-refractivity contribution >= 4 is 17.5 Å². The number of nitrogens with one attached hydrogen (secondary N) is 3. The van der Waals surface area contributed by atoms with Crippen molar-refractivity contribution < 1.29 is 18.4 Å². The fraction of sp³-hybridized carbons (Fsp3) is 0.429. The molecule has 120 valence electrons. The average molecular weight is 312 g/mol. The molecular formula is C14H18F2N4O2. The van der Waals surface area contributed by atoms with E-state index < -0.39 is 23.4 Å². The molecule has 2 amide bonds. The second-order valence-corrected chi connectivity index (χ2v) is 4.93. The smallest absolute Gasteiger partial charge is 0.313 e. The van der Waals surface area contributed by atoms with Crippen LogP contribution >= 0.6 is 0 Å². The summed E-state index contributed by atoms with van der Waals surface area (Å²) in [5.41, 5.74) is -0.233. The number of benzene rings is 1. The summed E-state index contributed by atoms with van der Waals surface area (Å²) in [5, 5.41) is 7.79. The lowest BCUT2D eigenvalue weighted by molar-refractivity contribution is -0.136. The lowest BCUT2D eigenvalue weighted by Crippen LogP contribution is -2.47. The van der Waals surface area contributed by atoms with Crippen molar-refractivity contribution in [1.29, 1.82) is 0 Å². The second-order valence-electron chi connectivity index (χ2n) is 4.93. The summed E-state index contributed by atoms with van der Waals surface area (Å²) in [6, 6.07) is 2.70. The Morgan fingerprint density at radius 2 is 1.91 bits per heavy atom. The van der Waals surface area contributed by atoms with E-state index in [1.807, 2.05) is 0 Å². The van der Waals surface area contributed by atoms with E-state index >= 15 is 0 Å². The van der Waals surface area contributed by atoms with Gasteiger partial charge in [0.1, 0.15) is 11.6 Å². The van der Waals surface area contributed by atoms with Crippen LogP contribution in [0.2, 0.25) is 0 Å². The van der Waals surface area contributed by atoms with Gasteiger partial charge in [-0.15, -0.1) is 0 Å². The standard InChI is InChI=1S/C14H18F2N4O2/c15-10-1-2-12(11(16)9-10)19-14(22)13(21)18-5-8-20-6-3-17-4-7-20/h1-2,9,17H,3-8H2,(H,18,21)(H,19,22). The molecule has 1 heterocycles. The van der Waals surface area contributed by atoms with E-state index in [0.717, 1.165) is 38.3 Å². The van der Waals surface area contributed by atoms with Gasteiger partial charge in [-0.1, -0.05) is 0 Å². The second kappa shape index (κ2) is 7.81. The first kappa shape index (κ1) is 16.3. The number of anilines is 1. The lowest BCUT2D eigenvalue weighted by Gasteiger charge is -2.26. The third-order valence-electron chi connectivity index (χ3n) is 3.31. The number of rotatable bonds is 4. The number of piperazine rings is 1. The molecule has 0 atom stereocenters. The molecule has 3 N–H and O–H groups in total. The summed E-state index contributed by atoms with van der Waals surface area (Å²) in [4.78, 5) is 25.4. The largest absolute Gasteiger partial charge is 0.347 e. The van der Waals surface area contributed by atoms with Gasteiger partial charge in [0.05, 0.1) is 5.69 Å². The van der Waals surface area contributed by atoms with Crippen molar-refractivity contribution in [2.75, 3.05) is 44.6 Å². The van der Waals surface area contributed by atoms with Crippen molar-refractivity contribution in [3.05, 3.63) is 29.8 Å². The van der Waals surface area contributed by atoms with Gasteiger partial charge < -0.3 is 16.0 Å². The van der Waals surface area contributed by atoms with E-state index in [1.54, 1.807) is 0 Å². The molecule has 0 saturated carbocycles. The minimum absolute atomic E-state index is 0.233. The zero-order valence-electron chi connectivity index (χ0n) is 12.0. The maximum Gasteiger partial charge on any atom is 0.313 e. The van der Waals surface area contributed by atoms with Crippen LogP contribution in [-0.4, -0.2) is 56.0 Å². The van der Waals surface area contributed by atoms with Crippen LogP contribution in [0.3, 0.4) is 0 Å². The Balaban J connectivity index is 1.75. The third kappa shape index (κ3) is 4.74. The van der Waals surface area contributed by atoms with Crippen molar-refractivity contribution in [1.82, 2.24) is 15.5 Å². The predicted molar refractivity (Wildman–Crippen MR) is 77.3 cm³/mol. The van der Waals surface area contributed by atoms with Crippen LogP contribution in [-0.2, 0) is 9.59 Å². The quantitative estimate of drug-likeness (QED) is 0.680. The maximum absolute atomic E-state index is 13.4. The van der Waals surface area contributed by atoms with Crippen molar-refractivity contribution in [3.8, 4) is 0 Å². The van der Waals surface area contributed by atoms with Crippen LogP contribution in [0.1, 0.15) is 0 Å². The Morgan fingerprint density at radius 1 is 1.18 bits per heavy atom. The van der Waals surface area contributed by atoms with Crippen LogP contribution in [0, 0.1) is 11.6 Å². The fourth-order valence-corrected chi connectivity index (χ4v) is 2.11. The Bertz CT molecular complexity index is 548. The van der Waals surface area contributed by atoms with Gasteiger partial charge in [0.15, 0.2) is 0 Å². The Morgan fingerprint density at radius 3 is 2.59 bits per heavy atom. The number of carbonyl (C=O) groups is 2. The van der Waals surface area contributed by atoms with Gasteiger partial charge in [-0.05, 0) is 12.1 Å². The van der Waals surface area contributed by atoms with Crippen molar-refractivity contribution in [2.45, 2.75) is 0 Å². The molecule has 1 aromatic carbocycles. The van der Waals surface area contributed by atoms with E-state index in [-0.39, 0.29) is 5.69 Å². The summed E-state index contributed by atoms with van der Waals surface area (Å²) in [5.74, 6) is -3.51. The molecule has 0 radical (unpaired) electrons. The molecule has 0 unspecified atom stereocenters. The van der Waals surface area contributed by atoms with Crippen LogP contribution in [0.25, 0.3) is 0 Å². The average Bonchev–Trinajstić information content (AvgIpc) is 2.51. The highest BCUT2D eigenvalue weighted by atomic mass is 19.1. The minimum Gasteiger partial charge on any atom is -0.347 e. The molecule has 1 saturated heterocycles. The van der Waals surface area contributed by atoms with Crippen LogP contribution in [0.4, 0.5) is 14.5 Å². The first-order valence-corrected chi connectivity index (χ1v) is 7.03. The fourth-order valence-electron chi connectivity index (χ4n) is 2.11. The zero-order valence-corrected chi connectivity index (χ0v) is 12.0. The van der Waals surface area contributed by atoms with Crippen LogP contribution in [0.5, 0.6) is 0 Å². The molecule has 22 heavy (non-hydrogen) atoms. The summed E-state index contributed by atoms with van der Waals surface area (Å²) in [6.45, 7) is 4.56. The highest BCUT2D eigenvalue weighted by Crippen LogP contribution is 2.14. The van der Waals surface area contributed by atoms with Crippen molar-refractivity contribution in [3.63, 3.8) is 0 Å². The number of hydrogen-bond acceptors (Lipinski definition) is 4. The summed E-state index contributed by atoms with van der Waals surface area (Å²) >= 11 is 0. The normalized spacial score (nSPS) is 15.4. The first-order chi connectivity index (χ1) is 10.6. The van der Waals surface area contributed by atoms with E-state index in [2.05, 4.69) is 20.9 Å². The Labute approximate surface area is 126 Å². The summed E-state index contributed by atoms with van der Waals surface area (Å²) < 4.78 is 26.1. The lowest BCUT2D eigenvalue weighted by atomic mass is 10.3. The molecule has 0 spiro atoms. The van der Waals surface area contributed by atoms with Gasteiger partial charge in [-0.3, -0.25) is 14.5 Å². The first-order valence-electron chi connectivity index (χ1n) is 7.03. The maximum atomic E-state index is 13.4. The van der Waals surface area contributed by atoms with Gasteiger partial charge in [-0.2, -0.15) is 0 Å². The molecule has 1 aliphatic heterocycles. The van der Waals surface area contributed by atoms with Gasteiger partial charge in [0.2, 0.25) is 0 Å². The Hall–Kier alpha value is -2.06. The van der Waals surface area contributed by atoms with E-state index in [0.29, 0.717) is 19.2 Å². The molecule has 6 nitrogen and oxygen atoms in total. The van der Waals surface area contributed by atoms with E-state index in [1.165, 1.54) is 0 Å². The predicted octanol–water partition coefficient (Wildman–Crippen LogP) is -0.0753. The highest BCUT2D eigenvalue weighted by molar-refractivity contribution is 6.39. The van der Waals surface area contributed by atoms with E-state index in [9.17, 15) is 18.4 Å². The molecule has 2 rings (SSSR count). The number of hydrogen-bond donors (Lipinski definition) is 3. The SMILES string of the molecule is O=C(NCCN1CCNCC1)C(=O)Nc1ccc(F)cc1F. The van der Waals surface area contributed by atoms with Gasteiger partial charge >= 0.3 is 11.8 Å². The highest BCUT2D eigenvalue weighted by Gasteiger charge is 2.16. The van der Waals surface area contributed by atoms with Gasteiger partial charge in [0, 0.05) is 45.3 Å². The van der Waals surface area contributed by atoms with Gasteiger partial charge in [-0.25, -0.2) is 8.78 Å². The number of carbonyl (C=O) groups excluding carboxylic acids is 2. The number of amides is 2. The number of nitrogens with zero attached hydrogens (tertiary/aromatic N) is 1. The summed E-state index contributed by atoms with van der Waals surface area (Å²) in [6.07, 6.45) is 0. The van der Waals surface area contributed by atoms with Crippen LogP contribution in [0.15, 0.2) is 18.2 Å². The minimum atomic E-state index is -0.981. The molecule has 1 aliphatic rings. The molecule has 0 bridgehead atoms. The summed E-state index contributed by atoms with van der Waals surface area (Å²) in [7, 11) is 0. The zero-order chi connectivity index (χ0) is 15.9. The molecule has 0 aliphatic carbocycles.